The van der Waals surface area contributed by atoms with Crippen molar-refractivity contribution < 1.29 is 33.8 Å². The monoisotopic (exact) mass is 482 g/mol. The summed E-state index contributed by atoms with van der Waals surface area (Å²) in [5.74, 6) is 0.104. The number of ether oxygens (including phenoxy) is 2. The lowest BCUT2D eigenvalue weighted by atomic mass is 9.72. The molecule has 9 nitrogen and oxygen atoms in total. The van der Waals surface area contributed by atoms with E-state index in [-0.39, 0.29) is 42.5 Å². The fourth-order valence-electron chi connectivity index (χ4n) is 4.83. The largest absolute Gasteiger partial charge is 0.388 e. The van der Waals surface area contributed by atoms with Crippen molar-refractivity contribution in [3.05, 3.63) is 0 Å². The second-order valence-corrected chi connectivity index (χ2v) is 10.0. The van der Waals surface area contributed by atoms with Crippen molar-refractivity contribution in [3.8, 4) is 0 Å². The molecule has 194 valence electrons. The normalized spacial score (nSPS) is 24.5. The Labute approximate surface area is 202 Å². The molecule has 2 rings (SSSR count). The van der Waals surface area contributed by atoms with Crippen LogP contribution < -0.4 is 5.32 Å². The summed E-state index contributed by atoms with van der Waals surface area (Å²) in [5, 5.41) is 12.8. The predicted octanol–water partition coefficient (Wildman–Crippen LogP) is 2.13. The van der Waals surface area contributed by atoms with Crippen LogP contribution >= 0.6 is 0 Å². The molecule has 0 radical (unpaired) electrons. The number of Topliss-reactive ketones (excluding diaryl/α,β-unsaturated/α-hetero) is 2. The third-order valence-electron chi connectivity index (χ3n) is 6.76. The lowest BCUT2D eigenvalue weighted by molar-refractivity contribution is -0.235. The van der Waals surface area contributed by atoms with Crippen LogP contribution in [-0.2, 0) is 28.7 Å². The number of hydrogen-bond acceptors (Lipinski definition) is 7. The maximum Gasteiger partial charge on any atom is 0.222 e. The van der Waals surface area contributed by atoms with Gasteiger partial charge in [-0.15, -0.1) is 0 Å². The van der Waals surface area contributed by atoms with Crippen molar-refractivity contribution in [2.45, 2.75) is 103 Å². The Hall–Kier alpha value is -1.84. The van der Waals surface area contributed by atoms with Gasteiger partial charge in [0.15, 0.2) is 6.29 Å². The smallest absolute Gasteiger partial charge is 0.222 e. The first-order valence-electron chi connectivity index (χ1n) is 12.6. The van der Waals surface area contributed by atoms with E-state index >= 15 is 0 Å². The maximum atomic E-state index is 12.6. The number of carbonyl (C=O) groups excluding carboxylic acids is 4. The highest BCUT2D eigenvalue weighted by atomic mass is 16.7. The number of nitrogens with zero attached hydrogens (tertiary/aromatic N) is 1. The van der Waals surface area contributed by atoms with Crippen LogP contribution in [0.25, 0.3) is 0 Å². The van der Waals surface area contributed by atoms with Crippen molar-refractivity contribution in [2.24, 2.45) is 5.41 Å². The number of piperidine rings is 1. The molecule has 9 heteroatoms. The molecule has 2 aliphatic heterocycles. The highest BCUT2D eigenvalue weighted by Crippen LogP contribution is 2.39. The van der Waals surface area contributed by atoms with Gasteiger partial charge in [0.1, 0.15) is 17.7 Å². The van der Waals surface area contributed by atoms with E-state index in [4.69, 9.17) is 9.47 Å². The fourth-order valence-corrected chi connectivity index (χ4v) is 4.83. The van der Waals surface area contributed by atoms with E-state index in [1.807, 2.05) is 11.8 Å². The van der Waals surface area contributed by atoms with Gasteiger partial charge in [-0.1, -0.05) is 0 Å². The van der Waals surface area contributed by atoms with E-state index in [2.05, 4.69) is 5.32 Å². The van der Waals surface area contributed by atoms with Crippen LogP contribution in [0, 0.1) is 5.41 Å². The number of aliphatic hydroxyl groups excluding tert-OH is 1. The average molecular weight is 483 g/mol. The molecule has 0 saturated carbocycles. The van der Waals surface area contributed by atoms with Crippen LogP contribution in [0.4, 0.5) is 0 Å². The summed E-state index contributed by atoms with van der Waals surface area (Å²) >= 11 is 0. The Morgan fingerprint density at radius 3 is 2.35 bits per heavy atom. The predicted molar refractivity (Wildman–Crippen MR) is 126 cm³/mol. The molecule has 3 atom stereocenters. The Morgan fingerprint density at radius 2 is 1.71 bits per heavy atom. The van der Waals surface area contributed by atoms with E-state index in [9.17, 15) is 24.3 Å². The Morgan fingerprint density at radius 1 is 1.03 bits per heavy atom. The molecule has 2 aliphatic rings. The lowest BCUT2D eigenvalue weighted by Crippen LogP contribution is -2.46. The molecule has 0 aromatic carbocycles. The topological polar surface area (TPSA) is 122 Å². The molecular formula is C25H42N2O7. The number of carbonyl (C=O) groups is 4. The van der Waals surface area contributed by atoms with Crippen molar-refractivity contribution in [1.82, 2.24) is 10.2 Å². The third-order valence-corrected chi connectivity index (χ3v) is 6.76. The second kappa shape index (κ2) is 13.9. The summed E-state index contributed by atoms with van der Waals surface area (Å²) in [7, 11) is 0. The maximum absolute atomic E-state index is 12.6. The summed E-state index contributed by atoms with van der Waals surface area (Å²) in [6.45, 7) is 6.62. The van der Waals surface area contributed by atoms with Crippen LogP contribution in [0.15, 0.2) is 0 Å². The summed E-state index contributed by atoms with van der Waals surface area (Å²) in [6, 6.07) is 0. The summed E-state index contributed by atoms with van der Waals surface area (Å²) < 4.78 is 11.2. The molecule has 2 heterocycles. The van der Waals surface area contributed by atoms with Gasteiger partial charge in [0.05, 0.1) is 12.7 Å². The van der Waals surface area contributed by atoms with Crippen LogP contribution in [0.3, 0.4) is 0 Å². The molecule has 0 unspecified atom stereocenters. The molecular weight excluding hydrogens is 440 g/mol. The molecule has 0 aromatic rings. The minimum atomic E-state index is -0.672. The quantitative estimate of drug-likeness (QED) is 0.386. The first-order chi connectivity index (χ1) is 16.1. The van der Waals surface area contributed by atoms with Crippen LogP contribution in [0.5, 0.6) is 0 Å². The first-order valence-corrected chi connectivity index (χ1v) is 12.6. The molecule has 2 saturated heterocycles. The van der Waals surface area contributed by atoms with Gasteiger partial charge >= 0.3 is 0 Å². The number of unbranched alkanes of at least 4 members (excludes halogenated alkanes) is 1. The average Bonchev–Trinajstić information content (AvgIpc) is 2.76. The van der Waals surface area contributed by atoms with Gasteiger partial charge in [-0.3, -0.25) is 9.59 Å². The molecule has 0 aliphatic carbocycles. The second-order valence-electron chi connectivity index (χ2n) is 10.0. The SMILES string of the molecule is CC(=O)CCCCC(=O)N1CCC(CC(C)=O)(CC(=O)NCCO[C@@H]2O[C@@H](C)CC[C@@H]2O)CC1. The Balaban J connectivity index is 1.75. The van der Waals surface area contributed by atoms with E-state index in [0.717, 1.165) is 12.8 Å². The van der Waals surface area contributed by atoms with E-state index in [0.29, 0.717) is 64.6 Å². The Kier molecular flexibility index (Phi) is 11.6. The van der Waals surface area contributed by atoms with Gasteiger partial charge in [-0.2, -0.15) is 0 Å². The van der Waals surface area contributed by atoms with Crippen LogP contribution in [0.1, 0.15) is 85.0 Å². The van der Waals surface area contributed by atoms with Crippen molar-refractivity contribution in [2.75, 3.05) is 26.2 Å². The number of likely N-dealkylation sites (tertiary alicyclic amines) is 1. The standard InChI is InChI=1S/C25H42N2O7/c1-18(28)6-4-5-7-23(32)27-13-10-25(11-14-27,16-19(2)29)17-22(31)26-12-15-33-24-21(30)9-8-20(3)34-24/h20-21,24,30H,4-17H2,1-3H3,(H,26,31)/t20-,21-,24+/m0/s1. The fraction of sp³-hybridized carbons (Fsp3) is 0.840. The molecule has 0 aromatic heterocycles. The van der Waals surface area contributed by atoms with Gasteiger partial charge in [0.2, 0.25) is 11.8 Å². The van der Waals surface area contributed by atoms with Gasteiger partial charge in [0.25, 0.3) is 0 Å². The molecule has 2 fully saturated rings. The number of ketones is 2. The van der Waals surface area contributed by atoms with Gasteiger partial charge in [0, 0.05) is 45.3 Å². The minimum absolute atomic E-state index is 0.0349. The lowest BCUT2D eigenvalue weighted by Gasteiger charge is -2.41. The molecule has 2 amide bonds. The molecule has 2 N–H and O–H groups in total. The summed E-state index contributed by atoms with van der Waals surface area (Å²) in [6.07, 6.45) is 4.22. The van der Waals surface area contributed by atoms with Gasteiger partial charge in [-0.05, 0) is 64.7 Å². The molecule has 0 spiro atoms. The zero-order chi connectivity index (χ0) is 25.1. The number of aliphatic hydroxyl groups is 1. The highest BCUT2D eigenvalue weighted by Gasteiger charge is 2.38. The molecule has 34 heavy (non-hydrogen) atoms. The van der Waals surface area contributed by atoms with E-state index in [1.54, 1.807) is 6.92 Å². The minimum Gasteiger partial charge on any atom is -0.388 e. The van der Waals surface area contributed by atoms with Crippen molar-refractivity contribution in [3.63, 3.8) is 0 Å². The van der Waals surface area contributed by atoms with Crippen molar-refractivity contribution >= 4 is 23.4 Å². The van der Waals surface area contributed by atoms with Crippen LogP contribution in [-0.4, -0.2) is 78.1 Å². The summed E-state index contributed by atoms with van der Waals surface area (Å²) in [5.41, 5.74) is -0.444. The third kappa shape index (κ3) is 9.80. The number of rotatable bonds is 13. The van der Waals surface area contributed by atoms with Crippen LogP contribution in [0.2, 0.25) is 0 Å². The number of amides is 2. The van der Waals surface area contributed by atoms with E-state index in [1.165, 1.54) is 6.92 Å². The Bertz CT molecular complexity index is 703. The number of hydrogen-bond donors (Lipinski definition) is 2. The van der Waals surface area contributed by atoms with E-state index < -0.39 is 17.8 Å². The highest BCUT2D eigenvalue weighted by molar-refractivity contribution is 5.80. The first kappa shape index (κ1) is 28.4. The zero-order valence-electron chi connectivity index (χ0n) is 21.0. The zero-order valence-corrected chi connectivity index (χ0v) is 21.0. The number of nitrogens with one attached hydrogen (secondary N) is 1. The summed E-state index contributed by atoms with van der Waals surface area (Å²) in [4.78, 5) is 49.9. The van der Waals surface area contributed by atoms with Gasteiger partial charge < -0.3 is 34.4 Å². The van der Waals surface area contributed by atoms with Crippen molar-refractivity contribution in [1.29, 1.82) is 0 Å². The van der Waals surface area contributed by atoms with Gasteiger partial charge in [-0.25, -0.2) is 0 Å². The molecule has 0 bridgehead atoms.